The second-order valence-electron chi connectivity index (χ2n) is 6.96. The zero-order chi connectivity index (χ0) is 18.8. The van der Waals surface area contributed by atoms with Gasteiger partial charge in [-0.1, -0.05) is 0 Å². The van der Waals surface area contributed by atoms with Crippen molar-refractivity contribution in [3.8, 4) is 0 Å². The summed E-state index contributed by atoms with van der Waals surface area (Å²) >= 11 is 1.77. The first kappa shape index (κ1) is 18.4. The van der Waals surface area contributed by atoms with Gasteiger partial charge in [0.15, 0.2) is 0 Å². The van der Waals surface area contributed by atoms with E-state index in [0.29, 0.717) is 0 Å². The van der Waals surface area contributed by atoms with Crippen LogP contribution in [0, 0.1) is 13.8 Å². The molecule has 0 unspecified atom stereocenters. The van der Waals surface area contributed by atoms with Crippen LogP contribution in [-0.4, -0.2) is 47.7 Å². The van der Waals surface area contributed by atoms with E-state index in [1.54, 1.807) is 23.9 Å². The van der Waals surface area contributed by atoms with Crippen LogP contribution in [0.3, 0.4) is 0 Å². The van der Waals surface area contributed by atoms with Gasteiger partial charge >= 0.3 is 0 Å². The monoisotopic (exact) mass is 386 g/mol. The lowest BCUT2D eigenvalue weighted by molar-refractivity contribution is 0.0331. The quantitative estimate of drug-likeness (QED) is 0.643. The van der Waals surface area contributed by atoms with Crippen LogP contribution in [0.25, 0.3) is 10.2 Å². The zero-order valence-corrected chi connectivity index (χ0v) is 17.0. The maximum atomic E-state index is 5.47. The predicted octanol–water partition coefficient (Wildman–Crippen LogP) is 3.76. The molecule has 0 saturated carbocycles. The fraction of sp³-hybridized carbons (Fsp3) is 0.500. The van der Waals surface area contributed by atoms with E-state index in [0.717, 1.165) is 68.0 Å². The molecule has 1 aliphatic heterocycles. The minimum Gasteiger partial charge on any atom is -0.472 e. The van der Waals surface area contributed by atoms with Gasteiger partial charge in [-0.05, 0) is 32.4 Å². The topological polar surface area (TPSA) is 54.6 Å². The Kier molecular flexibility index (Phi) is 5.43. The first-order valence-corrected chi connectivity index (χ1v) is 10.3. The minimum atomic E-state index is 0.769. The van der Waals surface area contributed by atoms with Gasteiger partial charge in [0, 0.05) is 36.6 Å². The molecule has 3 aromatic rings. The molecule has 1 fully saturated rings. The summed E-state index contributed by atoms with van der Waals surface area (Å²) in [7, 11) is 0. The molecular weight excluding hydrogens is 360 g/mol. The highest BCUT2D eigenvalue weighted by atomic mass is 32.1. The number of ether oxygens (including phenoxy) is 1. The number of hydrogen-bond donors (Lipinski definition) is 0. The highest BCUT2D eigenvalue weighted by Crippen LogP contribution is 2.35. The molecule has 27 heavy (non-hydrogen) atoms. The Morgan fingerprint density at radius 3 is 2.74 bits per heavy atom. The van der Waals surface area contributed by atoms with Gasteiger partial charge < -0.3 is 14.1 Å². The van der Waals surface area contributed by atoms with Gasteiger partial charge in [-0.2, -0.15) is 0 Å². The van der Waals surface area contributed by atoms with Gasteiger partial charge in [-0.3, -0.25) is 4.90 Å². The molecule has 1 aliphatic rings. The summed E-state index contributed by atoms with van der Waals surface area (Å²) in [4.78, 5) is 17.0. The smallest absolute Gasteiger partial charge is 0.146 e. The highest BCUT2D eigenvalue weighted by molar-refractivity contribution is 7.18. The van der Waals surface area contributed by atoms with Gasteiger partial charge in [-0.25, -0.2) is 9.97 Å². The number of fused-ring (bicyclic) bond motifs is 1. The van der Waals surface area contributed by atoms with E-state index >= 15 is 0 Å². The Labute approximate surface area is 163 Å². The summed E-state index contributed by atoms with van der Waals surface area (Å²) in [6.07, 6.45) is 3.53. The molecule has 4 heterocycles. The second kappa shape index (κ2) is 7.96. The summed E-state index contributed by atoms with van der Waals surface area (Å²) in [6.45, 7) is 12.4. The molecule has 0 amide bonds. The molecular formula is C20H26N4O2S. The van der Waals surface area contributed by atoms with Crippen molar-refractivity contribution in [2.75, 3.05) is 37.7 Å². The maximum Gasteiger partial charge on any atom is 0.146 e. The standard InChI is InChI=1S/C20H26N4O2S/c1-4-24(11-16-5-8-26-13-16)19-18-14(2)15(3)27-20(18)22-17(21-19)12-23-6-9-25-10-7-23/h5,8,13H,4,6-7,9-12H2,1-3H3. The highest BCUT2D eigenvalue weighted by Gasteiger charge is 2.20. The van der Waals surface area contributed by atoms with Crippen molar-refractivity contribution in [3.05, 3.63) is 40.4 Å². The van der Waals surface area contributed by atoms with E-state index in [2.05, 4.69) is 30.6 Å². The maximum absolute atomic E-state index is 5.47. The molecule has 6 nitrogen and oxygen atoms in total. The first-order chi connectivity index (χ1) is 13.2. The van der Waals surface area contributed by atoms with Crippen LogP contribution in [-0.2, 0) is 17.8 Å². The Bertz CT molecular complexity index is 900. The Morgan fingerprint density at radius 1 is 1.22 bits per heavy atom. The molecule has 3 aromatic heterocycles. The Hall–Kier alpha value is -1.96. The molecule has 4 rings (SSSR count). The lowest BCUT2D eigenvalue weighted by atomic mass is 10.2. The van der Waals surface area contributed by atoms with Gasteiger partial charge in [-0.15, -0.1) is 11.3 Å². The van der Waals surface area contributed by atoms with Gasteiger partial charge in [0.1, 0.15) is 16.5 Å². The molecule has 0 aromatic carbocycles. The van der Waals surface area contributed by atoms with Crippen molar-refractivity contribution in [3.63, 3.8) is 0 Å². The van der Waals surface area contributed by atoms with E-state index in [1.165, 1.54) is 15.8 Å². The summed E-state index contributed by atoms with van der Waals surface area (Å²) in [5, 5.41) is 1.19. The molecule has 0 aliphatic carbocycles. The van der Waals surface area contributed by atoms with E-state index in [9.17, 15) is 0 Å². The zero-order valence-electron chi connectivity index (χ0n) is 16.2. The van der Waals surface area contributed by atoms with E-state index < -0.39 is 0 Å². The third kappa shape index (κ3) is 3.85. The number of rotatable bonds is 6. The molecule has 0 bridgehead atoms. The molecule has 0 spiro atoms. The summed E-state index contributed by atoms with van der Waals surface area (Å²) < 4.78 is 10.7. The minimum absolute atomic E-state index is 0.769. The Morgan fingerprint density at radius 2 is 2.04 bits per heavy atom. The number of furan rings is 1. The number of thiophene rings is 1. The van der Waals surface area contributed by atoms with Crippen molar-refractivity contribution < 1.29 is 9.15 Å². The number of anilines is 1. The normalized spacial score (nSPS) is 15.5. The van der Waals surface area contributed by atoms with Gasteiger partial charge in [0.05, 0.1) is 37.7 Å². The number of aryl methyl sites for hydroxylation is 2. The fourth-order valence-electron chi connectivity index (χ4n) is 3.47. The van der Waals surface area contributed by atoms with Crippen LogP contribution in [0.4, 0.5) is 5.82 Å². The number of nitrogens with zero attached hydrogens (tertiary/aromatic N) is 4. The molecule has 7 heteroatoms. The van der Waals surface area contributed by atoms with E-state index in [4.69, 9.17) is 19.1 Å². The van der Waals surface area contributed by atoms with Crippen molar-refractivity contribution in [2.45, 2.75) is 33.9 Å². The van der Waals surface area contributed by atoms with Crippen molar-refractivity contribution >= 4 is 27.4 Å². The average molecular weight is 387 g/mol. The van der Waals surface area contributed by atoms with Crippen molar-refractivity contribution in [2.24, 2.45) is 0 Å². The van der Waals surface area contributed by atoms with Crippen LogP contribution in [0.2, 0.25) is 0 Å². The predicted molar refractivity (Wildman–Crippen MR) is 108 cm³/mol. The van der Waals surface area contributed by atoms with Crippen LogP contribution < -0.4 is 4.90 Å². The average Bonchev–Trinajstić information content (AvgIpc) is 3.28. The van der Waals surface area contributed by atoms with E-state index in [-0.39, 0.29) is 0 Å². The molecule has 0 radical (unpaired) electrons. The van der Waals surface area contributed by atoms with Crippen LogP contribution in [0.15, 0.2) is 23.0 Å². The van der Waals surface area contributed by atoms with Gasteiger partial charge in [0.2, 0.25) is 0 Å². The number of morpholine rings is 1. The molecule has 0 N–H and O–H groups in total. The third-order valence-electron chi connectivity index (χ3n) is 5.16. The summed E-state index contributed by atoms with van der Waals surface area (Å²) in [5.74, 6) is 1.93. The SMILES string of the molecule is CCN(Cc1ccoc1)c1nc(CN2CCOCC2)nc2sc(C)c(C)c12. The van der Waals surface area contributed by atoms with Crippen LogP contribution >= 0.6 is 11.3 Å². The molecule has 144 valence electrons. The van der Waals surface area contributed by atoms with Crippen LogP contribution in [0.1, 0.15) is 28.8 Å². The second-order valence-corrected chi connectivity index (χ2v) is 8.16. The lowest BCUT2D eigenvalue weighted by Crippen LogP contribution is -2.36. The van der Waals surface area contributed by atoms with E-state index in [1.807, 2.05) is 6.07 Å². The fourth-order valence-corrected chi connectivity index (χ4v) is 4.51. The largest absolute Gasteiger partial charge is 0.472 e. The summed E-state index contributed by atoms with van der Waals surface area (Å²) in [5.41, 5.74) is 2.44. The molecule has 1 saturated heterocycles. The summed E-state index contributed by atoms with van der Waals surface area (Å²) in [6, 6.07) is 2.02. The molecule has 0 atom stereocenters. The van der Waals surface area contributed by atoms with Crippen LogP contribution in [0.5, 0.6) is 0 Å². The Balaban J connectivity index is 1.73. The first-order valence-electron chi connectivity index (χ1n) is 9.48. The third-order valence-corrected chi connectivity index (χ3v) is 6.26. The lowest BCUT2D eigenvalue weighted by Gasteiger charge is -2.27. The van der Waals surface area contributed by atoms with Gasteiger partial charge in [0.25, 0.3) is 0 Å². The van der Waals surface area contributed by atoms with Crippen molar-refractivity contribution in [1.82, 2.24) is 14.9 Å². The number of hydrogen-bond acceptors (Lipinski definition) is 7. The van der Waals surface area contributed by atoms with Crippen molar-refractivity contribution in [1.29, 1.82) is 0 Å². The number of aromatic nitrogens is 2.